The number of halogens is 1. The number of likely N-dealkylation sites (N-methyl/N-ethyl adjacent to an activating group) is 1. The summed E-state index contributed by atoms with van der Waals surface area (Å²) in [7, 11) is 6.10. The van der Waals surface area contributed by atoms with Gasteiger partial charge >= 0.3 is 0 Å². The van der Waals surface area contributed by atoms with E-state index in [1.165, 1.54) is 0 Å². The van der Waals surface area contributed by atoms with Crippen molar-refractivity contribution in [2.45, 2.75) is 26.8 Å². The molecular weight excluding hydrogens is 248 g/mol. The van der Waals surface area contributed by atoms with Crippen LogP contribution >= 0.6 is 11.6 Å². The van der Waals surface area contributed by atoms with Crippen LogP contribution in [0.3, 0.4) is 0 Å². The van der Waals surface area contributed by atoms with Crippen LogP contribution in [0.1, 0.15) is 24.6 Å². The Morgan fingerprint density at radius 2 is 1.89 bits per heavy atom. The van der Waals surface area contributed by atoms with Crippen LogP contribution in [-0.4, -0.2) is 53.3 Å². The highest BCUT2D eigenvalue weighted by Crippen LogP contribution is 2.20. The van der Waals surface area contributed by atoms with Gasteiger partial charge in [0.15, 0.2) is 0 Å². The third kappa shape index (κ3) is 4.26. The number of rotatable bonds is 7. The molecule has 1 aromatic rings. The van der Waals surface area contributed by atoms with Crippen molar-refractivity contribution in [3.05, 3.63) is 16.4 Å². The molecule has 0 saturated heterocycles. The summed E-state index contributed by atoms with van der Waals surface area (Å²) in [6, 6.07) is 0. The zero-order valence-electron chi connectivity index (χ0n) is 12.2. The molecule has 0 aliphatic carbocycles. The molecule has 18 heavy (non-hydrogen) atoms. The molecule has 1 aromatic heterocycles. The number of hydrogen-bond acceptors (Lipinski definition) is 3. The van der Waals surface area contributed by atoms with Gasteiger partial charge < -0.3 is 4.90 Å². The minimum Gasteiger partial charge on any atom is -0.308 e. The van der Waals surface area contributed by atoms with Gasteiger partial charge in [-0.2, -0.15) is 5.10 Å². The van der Waals surface area contributed by atoms with E-state index in [0.29, 0.717) is 0 Å². The molecule has 0 spiro atoms. The maximum atomic E-state index is 6.28. The summed E-state index contributed by atoms with van der Waals surface area (Å²) in [5.41, 5.74) is 2.19. The predicted octanol–water partition coefficient (Wildman–Crippen LogP) is 2.16. The molecule has 0 saturated carbocycles. The highest BCUT2D eigenvalue weighted by molar-refractivity contribution is 6.30. The fraction of sp³-hybridized carbons (Fsp3) is 0.769. The second kappa shape index (κ2) is 7.12. The highest BCUT2D eigenvalue weighted by Gasteiger charge is 2.14. The van der Waals surface area contributed by atoms with Gasteiger partial charge in [-0.05, 0) is 34.0 Å². The van der Waals surface area contributed by atoms with Gasteiger partial charge in [0.2, 0.25) is 0 Å². The topological polar surface area (TPSA) is 24.3 Å². The van der Waals surface area contributed by atoms with Crippen LogP contribution in [0.5, 0.6) is 0 Å². The fourth-order valence-corrected chi connectivity index (χ4v) is 2.24. The first kappa shape index (κ1) is 15.5. The molecule has 0 aliphatic heterocycles. The van der Waals surface area contributed by atoms with Crippen molar-refractivity contribution in [1.29, 1.82) is 0 Å². The van der Waals surface area contributed by atoms with E-state index >= 15 is 0 Å². The molecule has 4 nitrogen and oxygen atoms in total. The molecule has 0 aliphatic rings. The summed E-state index contributed by atoms with van der Waals surface area (Å²) in [6.07, 6.45) is 1.16. The van der Waals surface area contributed by atoms with Gasteiger partial charge in [0.05, 0.1) is 5.69 Å². The number of aryl methyl sites for hydroxylation is 2. The lowest BCUT2D eigenvalue weighted by Gasteiger charge is -2.23. The van der Waals surface area contributed by atoms with Gasteiger partial charge in [-0.25, -0.2) is 0 Å². The molecule has 0 bridgehead atoms. The molecule has 1 heterocycles. The van der Waals surface area contributed by atoms with E-state index in [4.69, 9.17) is 11.6 Å². The van der Waals surface area contributed by atoms with Gasteiger partial charge in [0.1, 0.15) is 5.15 Å². The van der Waals surface area contributed by atoms with E-state index < -0.39 is 0 Å². The zero-order chi connectivity index (χ0) is 13.7. The molecule has 0 radical (unpaired) electrons. The molecule has 0 atom stereocenters. The normalized spacial score (nSPS) is 11.8. The van der Waals surface area contributed by atoms with Crippen molar-refractivity contribution in [3.63, 3.8) is 0 Å². The molecule has 0 N–H and O–H groups in total. The third-order valence-electron chi connectivity index (χ3n) is 3.05. The average molecular weight is 273 g/mol. The first-order chi connectivity index (χ1) is 8.45. The summed E-state index contributed by atoms with van der Waals surface area (Å²) < 4.78 is 1.75. The molecule has 5 heteroatoms. The van der Waals surface area contributed by atoms with E-state index in [9.17, 15) is 0 Å². The summed E-state index contributed by atoms with van der Waals surface area (Å²) in [6.45, 7) is 8.35. The zero-order valence-corrected chi connectivity index (χ0v) is 13.0. The van der Waals surface area contributed by atoms with Crippen molar-refractivity contribution < 1.29 is 0 Å². The Kier molecular flexibility index (Phi) is 6.12. The monoisotopic (exact) mass is 272 g/mol. The molecule has 0 amide bonds. The van der Waals surface area contributed by atoms with E-state index in [1.54, 1.807) is 4.68 Å². The Labute approximate surface area is 116 Å². The Morgan fingerprint density at radius 1 is 1.22 bits per heavy atom. The summed E-state index contributed by atoms with van der Waals surface area (Å²) in [5, 5.41) is 5.13. The van der Waals surface area contributed by atoms with Crippen molar-refractivity contribution in [2.24, 2.45) is 7.05 Å². The molecule has 0 unspecified atom stereocenters. The maximum absolute atomic E-state index is 6.28. The summed E-state index contributed by atoms with van der Waals surface area (Å²) in [5.74, 6) is 0. The second-order valence-corrected chi connectivity index (χ2v) is 5.42. The van der Waals surface area contributed by atoms with Crippen LogP contribution in [-0.2, 0) is 13.6 Å². The smallest absolute Gasteiger partial charge is 0.131 e. The standard InChI is InChI=1S/C13H25ClN4/c1-6-7-18(9-8-16(3)4)10-12-11(2)15-17(5)13(12)14/h6-10H2,1-5H3. The third-order valence-corrected chi connectivity index (χ3v) is 3.53. The molecule has 0 aromatic carbocycles. The van der Waals surface area contributed by atoms with Crippen LogP contribution in [0.15, 0.2) is 0 Å². The van der Waals surface area contributed by atoms with E-state index in [1.807, 2.05) is 14.0 Å². The average Bonchev–Trinajstić information content (AvgIpc) is 2.53. The Bertz CT molecular complexity index is 373. The second-order valence-electron chi connectivity index (χ2n) is 5.06. The van der Waals surface area contributed by atoms with E-state index in [2.05, 4.69) is 35.9 Å². The van der Waals surface area contributed by atoms with E-state index in [-0.39, 0.29) is 0 Å². The number of aromatic nitrogens is 2. The largest absolute Gasteiger partial charge is 0.308 e. The van der Waals surface area contributed by atoms with E-state index in [0.717, 1.165) is 49.0 Å². The molecule has 0 fully saturated rings. The lowest BCUT2D eigenvalue weighted by molar-refractivity contribution is 0.233. The Balaban J connectivity index is 2.70. The van der Waals surface area contributed by atoms with Crippen LogP contribution < -0.4 is 0 Å². The predicted molar refractivity (Wildman–Crippen MR) is 77.1 cm³/mol. The van der Waals surface area contributed by atoms with Crippen molar-refractivity contribution in [1.82, 2.24) is 19.6 Å². The summed E-state index contributed by atoms with van der Waals surface area (Å²) >= 11 is 6.28. The van der Waals surface area contributed by atoms with Crippen LogP contribution in [0.4, 0.5) is 0 Å². The van der Waals surface area contributed by atoms with Gasteiger partial charge in [-0.15, -0.1) is 0 Å². The Hall–Kier alpha value is -0.580. The van der Waals surface area contributed by atoms with Crippen LogP contribution in [0.25, 0.3) is 0 Å². The maximum Gasteiger partial charge on any atom is 0.131 e. The van der Waals surface area contributed by atoms with Crippen molar-refractivity contribution >= 4 is 11.6 Å². The van der Waals surface area contributed by atoms with Gasteiger partial charge in [-0.3, -0.25) is 9.58 Å². The van der Waals surface area contributed by atoms with Gasteiger partial charge in [-0.1, -0.05) is 18.5 Å². The first-order valence-electron chi connectivity index (χ1n) is 6.50. The Morgan fingerprint density at radius 3 is 2.33 bits per heavy atom. The molecular formula is C13H25ClN4. The number of hydrogen-bond donors (Lipinski definition) is 0. The minimum absolute atomic E-state index is 0.762. The molecule has 104 valence electrons. The van der Waals surface area contributed by atoms with Crippen molar-refractivity contribution in [3.8, 4) is 0 Å². The number of nitrogens with zero attached hydrogens (tertiary/aromatic N) is 4. The molecule has 1 rings (SSSR count). The van der Waals surface area contributed by atoms with Gasteiger partial charge in [0.25, 0.3) is 0 Å². The SMILES string of the molecule is CCCN(CCN(C)C)Cc1c(C)nn(C)c1Cl. The van der Waals surface area contributed by atoms with Crippen LogP contribution in [0, 0.1) is 6.92 Å². The lowest BCUT2D eigenvalue weighted by atomic mass is 10.2. The van der Waals surface area contributed by atoms with Crippen LogP contribution in [0.2, 0.25) is 5.15 Å². The first-order valence-corrected chi connectivity index (χ1v) is 6.88. The summed E-state index contributed by atoms with van der Waals surface area (Å²) in [4.78, 5) is 4.65. The van der Waals surface area contributed by atoms with Gasteiger partial charge in [0, 0.05) is 32.2 Å². The highest BCUT2D eigenvalue weighted by atomic mass is 35.5. The lowest BCUT2D eigenvalue weighted by Crippen LogP contribution is -2.32. The fourth-order valence-electron chi connectivity index (χ4n) is 2.00. The van der Waals surface area contributed by atoms with Crippen molar-refractivity contribution in [2.75, 3.05) is 33.7 Å². The quantitative estimate of drug-likeness (QED) is 0.760. The minimum atomic E-state index is 0.762.